The van der Waals surface area contributed by atoms with Crippen molar-refractivity contribution in [3.63, 3.8) is 0 Å². The normalized spacial score (nSPS) is 25.6. The smallest absolute Gasteiger partial charge is 0.237 e. The molecule has 0 bridgehead atoms. The maximum Gasteiger partial charge on any atom is 0.237 e. The summed E-state index contributed by atoms with van der Waals surface area (Å²) in [6.07, 6.45) is -0.930. The number of hydrogen-bond acceptors (Lipinski definition) is 3. The summed E-state index contributed by atoms with van der Waals surface area (Å²) in [6, 6.07) is 1.35. The molecule has 4 nitrogen and oxygen atoms in total. The van der Waals surface area contributed by atoms with E-state index in [0.717, 1.165) is 0 Å². The highest BCUT2D eigenvalue weighted by atomic mass is 19.1. The zero-order valence-corrected chi connectivity index (χ0v) is 9.96. The molecule has 0 aromatic carbocycles. The molecule has 1 aliphatic heterocycles. The van der Waals surface area contributed by atoms with Crippen LogP contribution in [0.25, 0.3) is 0 Å². The Morgan fingerprint density at radius 3 is 2.75 bits per heavy atom. The molecule has 1 N–H and O–H groups in total. The quantitative estimate of drug-likeness (QED) is 0.760. The summed E-state index contributed by atoms with van der Waals surface area (Å²) < 4.78 is 13.1. The van der Waals surface area contributed by atoms with E-state index in [2.05, 4.69) is 5.32 Å². The number of nitrogens with one attached hydrogen (secondary N) is 1. The average molecular weight is 227 g/mol. The van der Waals surface area contributed by atoms with Crippen LogP contribution in [0.3, 0.4) is 0 Å². The monoisotopic (exact) mass is 227 g/mol. The van der Waals surface area contributed by atoms with Crippen molar-refractivity contribution < 1.29 is 9.18 Å². The van der Waals surface area contributed by atoms with Crippen molar-refractivity contribution in [1.82, 2.24) is 10.2 Å². The first kappa shape index (κ1) is 12.9. The predicted molar refractivity (Wildman–Crippen MR) is 58.4 cm³/mol. The summed E-state index contributed by atoms with van der Waals surface area (Å²) >= 11 is 0. The molecule has 0 spiro atoms. The Morgan fingerprint density at radius 1 is 1.62 bits per heavy atom. The van der Waals surface area contributed by atoms with Crippen LogP contribution in [-0.4, -0.2) is 41.6 Å². The van der Waals surface area contributed by atoms with Gasteiger partial charge in [-0.15, -0.1) is 0 Å². The summed E-state index contributed by atoms with van der Waals surface area (Å²) in [5, 5.41) is 11.8. The molecule has 2 atom stereocenters. The molecule has 1 fully saturated rings. The number of alkyl halides is 1. The van der Waals surface area contributed by atoms with Crippen molar-refractivity contribution >= 4 is 5.91 Å². The Hall–Kier alpha value is -1.15. The fraction of sp³-hybridized carbons (Fsp3) is 0.818. The SMILES string of the molecule is CC(C)(C)NCC(=O)N1C[C@@H](F)C[C@H]1C#N. The van der Waals surface area contributed by atoms with Crippen LogP contribution in [0.15, 0.2) is 0 Å². The van der Waals surface area contributed by atoms with Crippen LogP contribution in [0.1, 0.15) is 27.2 Å². The lowest BCUT2D eigenvalue weighted by molar-refractivity contribution is -0.130. The van der Waals surface area contributed by atoms with Crippen LogP contribution < -0.4 is 5.32 Å². The molecule has 0 aromatic heterocycles. The highest BCUT2D eigenvalue weighted by Crippen LogP contribution is 2.19. The Bertz CT molecular complexity index is 305. The minimum Gasteiger partial charge on any atom is -0.323 e. The van der Waals surface area contributed by atoms with E-state index in [-0.39, 0.29) is 31.0 Å². The van der Waals surface area contributed by atoms with E-state index in [1.807, 2.05) is 26.8 Å². The van der Waals surface area contributed by atoms with Crippen LogP contribution in [0, 0.1) is 11.3 Å². The summed E-state index contributed by atoms with van der Waals surface area (Å²) in [4.78, 5) is 13.1. The Morgan fingerprint density at radius 2 is 2.25 bits per heavy atom. The lowest BCUT2D eigenvalue weighted by atomic mass is 10.1. The Labute approximate surface area is 95.4 Å². The number of halogens is 1. The molecule has 0 unspecified atom stereocenters. The fourth-order valence-corrected chi connectivity index (χ4v) is 1.63. The summed E-state index contributed by atoms with van der Waals surface area (Å²) in [6.45, 7) is 6.04. The van der Waals surface area contributed by atoms with Crippen LogP contribution in [0.4, 0.5) is 4.39 Å². The molecule has 1 saturated heterocycles. The van der Waals surface area contributed by atoms with Crippen molar-refractivity contribution in [3.8, 4) is 6.07 Å². The largest absolute Gasteiger partial charge is 0.323 e. The topological polar surface area (TPSA) is 56.1 Å². The van der Waals surface area contributed by atoms with E-state index in [4.69, 9.17) is 5.26 Å². The fourth-order valence-electron chi connectivity index (χ4n) is 1.63. The first-order valence-electron chi connectivity index (χ1n) is 5.41. The van der Waals surface area contributed by atoms with Gasteiger partial charge < -0.3 is 10.2 Å². The third-order valence-electron chi connectivity index (χ3n) is 2.49. The van der Waals surface area contributed by atoms with Crippen molar-refractivity contribution in [1.29, 1.82) is 5.26 Å². The van der Waals surface area contributed by atoms with Gasteiger partial charge in [0.15, 0.2) is 0 Å². The van der Waals surface area contributed by atoms with Crippen molar-refractivity contribution in [3.05, 3.63) is 0 Å². The third-order valence-corrected chi connectivity index (χ3v) is 2.49. The number of amides is 1. The second kappa shape index (κ2) is 4.79. The van der Waals surface area contributed by atoms with Gasteiger partial charge in [0, 0.05) is 12.0 Å². The number of carbonyl (C=O) groups is 1. The maximum absolute atomic E-state index is 13.1. The number of likely N-dealkylation sites (tertiary alicyclic amines) is 1. The Kier molecular flexibility index (Phi) is 3.87. The molecular formula is C11H18FN3O. The molecule has 1 rings (SSSR count). The first-order chi connectivity index (χ1) is 7.33. The van der Waals surface area contributed by atoms with Gasteiger partial charge >= 0.3 is 0 Å². The molecule has 1 heterocycles. The van der Waals surface area contributed by atoms with Crippen molar-refractivity contribution in [2.24, 2.45) is 0 Å². The molecule has 16 heavy (non-hydrogen) atoms. The lowest BCUT2D eigenvalue weighted by Gasteiger charge is -2.24. The van der Waals surface area contributed by atoms with Crippen LogP contribution in [0.2, 0.25) is 0 Å². The van der Waals surface area contributed by atoms with Gasteiger partial charge in [0.25, 0.3) is 0 Å². The van der Waals surface area contributed by atoms with Crippen LogP contribution in [0.5, 0.6) is 0 Å². The Balaban J connectivity index is 2.51. The van der Waals surface area contributed by atoms with Gasteiger partial charge in [-0.25, -0.2) is 4.39 Å². The number of nitriles is 1. The standard InChI is InChI=1S/C11H18FN3O/c1-11(2,3)14-6-10(16)15-7-8(12)4-9(15)5-13/h8-9,14H,4,6-7H2,1-3H3/t8-,9-/m0/s1. The molecule has 90 valence electrons. The zero-order chi connectivity index (χ0) is 12.3. The molecule has 1 amide bonds. The van der Waals surface area contributed by atoms with E-state index in [1.54, 1.807) is 0 Å². The van der Waals surface area contributed by atoms with Crippen LogP contribution in [-0.2, 0) is 4.79 Å². The molecule has 0 aliphatic carbocycles. The number of hydrogen-bond donors (Lipinski definition) is 1. The van der Waals surface area contributed by atoms with E-state index in [1.165, 1.54) is 4.90 Å². The van der Waals surface area contributed by atoms with E-state index >= 15 is 0 Å². The minimum atomic E-state index is -1.07. The maximum atomic E-state index is 13.1. The van der Waals surface area contributed by atoms with Gasteiger partial charge in [-0.2, -0.15) is 5.26 Å². The van der Waals surface area contributed by atoms with Crippen LogP contribution >= 0.6 is 0 Å². The minimum absolute atomic E-state index is 0.0445. The third kappa shape index (κ3) is 3.46. The first-order valence-corrected chi connectivity index (χ1v) is 5.41. The summed E-state index contributed by atoms with van der Waals surface area (Å²) in [5.41, 5.74) is -0.160. The van der Waals surface area contributed by atoms with Gasteiger partial charge in [-0.05, 0) is 20.8 Å². The number of rotatable bonds is 2. The van der Waals surface area contributed by atoms with E-state index in [0.29, 0.717) is 0 Å². The number of nitrogens with zero attached hydrogens (tertiary/aromatic N) is 2. The van der Waals surface area contributed by atoms with Crippen molar-refractivity contribution in [2.75, 3.05) is 13.1 Å². The van der Waals surface area contributed by atoms with E-state index < -0.39 is 12.2 Å². The predicted octanol–water partition coefficient (Wildman–Crippen LogP) is 0.837. The summed E-state index contributed by atoms with van der Waals surface area (Å²) in [7, 11) is 0. The molecule has 0 aromatic rings. The van der Waals surface area contributed by atoms with Gasteiger partial charge in [0.2, 0.25) is 5.91 Å². The highest BCUT2D eigenvalue weighted by Gasteiger charge is 2.35. The molecule has 5 heteroatoms. The van der Waals surface area contributed by atoms with E-state index in [9.17, 15) is 9.18 Å². The van der Waals surface area contributed by atoms with Crippen molar-refractivity contribution in [2.45, 2.75) is 44.9 Å². The molecule has 0 saturated carbocycles. The van der Waals surface area contributed by atoms with Gasteiger partial charge in [-0.1, -0.05) is 0 Å². The molecule has 1 aliphatic rings. The van der Waals surface area contributed by atoms with Gasteiger partial charge in [0.1, 0.15) is 12.2 Å². The highest BCUT2D eigenvalue weighted by molar-refractivity contribution is 5.79. The van der Waals surface area contributed by atoms with Gasteiger partial charge in [-0.3, -0.25) is 4.79 Å². The lowest BCUT2D eigenvalue weighted by Crippen LogP contribution is -2.46. The molecule has 0 radical (unpaired) electrons. The zero-order valence-electron chi connectivity index (χ0n) is 9.96. The second-order valence-corrected chi connectivity index (χ2v) is 5.13. The number of carbonyl (C=O) groups excluding carboxylic acids is 1. The van der Waals surface area contributed by atoms with Gasteiger partial charge in [0.05, 0.1) is 19.2 Å². The summed E-state index contributed by atoms with van der Waals surface area (Å²) in [5.74, 6) is -0.207. The molecular weight excluding hydrogens is 209 g/mol. The average Bonchev–Trinajstić information content (AvgIpc) is 2.55. The second-order valence-electron chi connectivity index (χ2n) is 5.13.